The first-order valence-corrected chi connectivity index (χ1v) is 10.5. The zero-order valence-electron chi connectivity index (χ0n) is 16.7. The number of ether oxygens (including phenoxy) is 2. The molecule has 6 nitrogen and oxygen atoms in total. The monoisotopic (exact) mass is 433 g/mol. The van der Waals surface area contributed by atoms with E-state index in [1.54, 1.807) is 18.2 Å². The van der Waals surface area contributed by atoms with Gasteiger partial charge in [0, 0.05) is 22.6 Å². The van der Waals surface area contributed by atoms with Crippen molar-refractivity contribution in [3.05, 3.63) is 98.4 Å². The van der Waals surface area contributed by atoms with Crippen molar-refractivity contribution in [3.8, 4) is 11.5 Å². The molecular weight excluding hydrogens is 414 g/mol. The summed E-state index contributed by atoms with van der Waals surface area (Å²) in [4.78, 5) is 24.6. The minimum absolute atomic E-state index is 0.0251. The van der Waals surface area contributed by atoms with Gasteiger partial charge in [-0.15, -0.1) is 0 Å². The fourth-order valence-corrected chi connectivity index (χ4v) is 4.22. The van der Waals surface area contributed by atoms with E-state index in [0.717, 1.165) is 21.6 Å². The molecule has 0 spiro atoms. The maximum absolute atomic E-state index is 12.6. The van der Waals surface area contributed by atoms with Gasteiger partial charge >= 0.3 is 0 Å². The van der Waals surface area contributed by atoms with Crippen LogP contribution in [0, 0.1) is 10.1 Å². The molecule has 0 saturated heterocycles. The van der Waals surface area contributed by atoms with Crippen molar-refractivity contribution < 1.29 is 19.2 Å². The van der Waals surface area contributed by atoms with Crippen LogP contribution in [-0.2, 0) is 6.61 Å². The number of allylic oxidation sites excluding steroid dienone is 1. The highest BCUT2D eigenvalue weighted by molar-refractivity contribution is 8.04. The van der Waals surface area contributed by atoms with Crippen molar-refractivity contribution in [2.24, 2.45) is 0 Å². The number of benzene rings is 3. The second-order valence-electron chi connectivity index (χ2n) is 6.79. The predicted molar refractivity (Wildman–Crippen MR) is 120 cm³/mol. The molecule has 0 atom stereocenters. The van der Waals surface area contributed by atoms with E-state index in [1.165, 1.54) is 23.9 Å². The number of carbonyl (C=O) groups excluding carboxylic acids is 1. The normalized spacial score (nSPS) is 13.8. The van der Waals surface area contributed by atoms with Gasteiger partial charge < -0.3 is 9.47 Å². The summed E-state index contributed by atoms with van der Waals surface area (Å²) in [6, 6.07) is 19.3. The SMILES string of the molecule is CCOc1cc(/C=C2\Sc3ccccc3C2=O)ccc1OCc1ccc([N+](=O)[O-])cc1. The Bertz CT molecular complexity index is 1170. The number of non-ortho nitro benzene ring substituents is 1. The molecule has 0 fully saturated rings. The fraction of sp³-hybridized carbons (Fsp3) is 0.125. The Morgan fingerprint density at radius 2 is 1.77 bits per heavy atom. The first-order chi connectivity index (χ1) is 15.0. The van der Waals surface area contributed by atoms with Crippen LogP contribution in [0.25, 0.3) is 6.08 Å². The molecule has 0 radical (unpaired) electrons. The number of hydrogen-bond acceptors (Lipinski definition) is 6. The molecule has 1 aliphatic heterocycles. The number of hydrogen-bond donors (Lipinski definition) is 0. The van der Waals surface area contributed by atoms with Crippen molar-refractivity contribution in [2.45, 2.75) is 18.4 Å². The summed E-state index contributed by atoms with van der Waals surface area (Å²) < 4.78 is 11.6. The summed E-state index contributed by atoms with van der Waals surface area (Å²) >= 11 is 1.46. The van der Waals surface area contributed by atoms with Crippen LogP contribution in [0.1, 0.15) is 28.4 Å². The fourth-order valence-electron chi connectivity index (χ4n) is 3.16. The molecule has 0 amide bonds. The lowest BCUT2D eigenvalue weighted by Gasteiger charge is -2.13. The lowest BCUT2D eigenvalue weighted by molar-refractivity contribution is -0.384. The molecule has 1 aliphatic rings. The topological polar surface area (TPSA) is 78.7 Å². The van der Waals surface area contributed by atoms with E-state index in [-0.39, 0.29) is 18.1 Å². The molecule has 0 bridgehead atoms. The zero-order valence-corrected chi connectivity index (χ0v) is 17.6. The molecule has 1 heterocycles. The average molecular weight is 433 g/mol. The third-order valence-corrected chi connectivity index (χ3v) is 5.78. The van der Waals surface area contributed by atoms with Gasteiger partial charge in [0.15, 0.2) is 11.5 Å². The molecule has 0 N–H and O–H groups in total. The standard InChI is InChI=1S/C24H19NO5S/c1-2-29-21-13-17(14-23-24(26)19-5-3-4-6-22(19)31-23)9-12-20(21)30-15-16-7-10-18(11-8-16)25(27)28/h3-14H,2,15H2,1H3/b23-14-. The van der Waals surface area contributed by atoms with E-state index in [0.29, 0.717) is 23.0 Å². The predicted octanol–water partition coefficient (Wildman–Crippen LogP) is 5.90. The number of Topliss-reactive ketones (excluding diaryl/α,β-unsaturated/α-hetero) is 1. The first-order valence-electron chi connectivity index (χ1n) is 9.71. The zero-order chi connectivity index (χ0) is 21.8. The van der Waals surface area contributed by atoms with E-state index >= 15 is 0 Å². The van der Waals surface area contributed by atoms with Crippen molar-refractivity contribution >= 4 is 29.3 Å². The van der Waals surface area contributed by atoms with Crippen LogP contribution in [0.3, 0.4) is 0 Å². The van der Waals surface area contributed by atoms with E-state index < -0.39 is 4.92 Å². The maximum atomic E-state index is 12.6. The quantitative estimate of drug-likeness (QED) is 0.262. The summed E-state index contributed by atoms with van der Waals surface area (Å²) in [5.74, 6) is 1.17. The van der Waals surface area contributed by atoms with Gasteiger partial charge in [0.05, 0.1) is 16.4 Å². The maximum Gasteiger partial charge on any atom is 0.269 e. The second kappa shape index (κ2) is 9.06. The van der Waals surface area contributed by atoms with Gasteiger partial charge in [-0.3, -0.25) is 14.9 Å². The summed E-state index contributed by atoms with van der Waals surface area (Å²) in [7, 11) is 0. The molecule has 0 saturated carbocycles. The number of carbonyl (C=O) groups is 1. The third-order valence-electron chi connectivity index (χ3n) is 4.68. The van der Waals surface area contributed by atoms with Crippen LogP contribution in [0.5, 0.6) is 11.5 Å². The van der Waals surface area contributed by atoms with E-state index in [1.807, 2.05) is 49.4 Å². The summed E-state index contributed by atoms with van der Waals surface area (Å²) in [5.41, 5.74) is 2.42. The Hall–Kier alpha value is -3.58. The van der Waals surface area contributed by atoms with E-state index in [9.17, 15) is 14.9 Å². The highest BCUT2D eigenvalue weighted by Gasteiger charge is 2.25. The van der Waals surface area contributed by atoms with Gasteiger partial charge in [-0.05, 0) is 60.5 Å². The number of rotatable bonds is 7. The second-order valence-corrected chi connectivity index (χ2v) is 7.87. The van der Waals surface area contributed by atoms with Gasteiger partial charge in [-0.1, -0.05) is 30.0 Å². The van der Waals surface area contributed by atoms with E-state index in [4.69, 9.17) is 9.47 Å². The van der Waals surface area contributed by atoms with Crippen molar-refractivity contribution in [3.63, 3.8) is 0 Å². The number of nitro benzene ring substituents is 1. The Kier molecular flexibility index (Phi) is 6.04. The molecule has 31 heavy (non-hydrogen) atoms. The van der Waals surface area contributed by atoms with Crippen LogP contribution in [0.15, 0.2) is 76.5 Å². The minimum atomic E-state index is -0.434. The lowest BCUT2D eigenvalue weighted by atomic mass is 10.1. The van der Waals surface area contributed by atoms with Crippen LogP contribution >= 0.6 is 11.8 Å². The van der Waals surface area contributed by atoms with Crippen molar-refractivity contribution in [1.82, 2.24) is 0 Å². The Morgan fingerprint density at radius 1 is 1.00 bits per heavy atom. The number of nitrogens with zero attached hydrogens (tertiary/aromatic N) is 1. The molecule has 3 aromatic carbocycles. The first kappa shape index (κ1) is 20.7. The van der Waals surface area contributed by atoms with Gasteiger partial charge in [0.25, 0.3) is 5.69 Å². The number of fused-ring (bicyclic) bond motifs is 1. The van der Waals surface area contributed by atoms with Gasteiger partial charge in [0.2, 0.25) is 5.78 Å². The smallest absolute Gasteiger partial charge is 0.269 e. The van der Waals surface area contributed by atoms with Crippen molar-refractivity contribution in [2.75, 3.05) is 6.61 Å². The summed E-state index contributed by atoms with van der Waals surface area (Å²) in [6.45, 7) is 2.60. The summed E-state index contributed by atoms with van der Waals surface area (Å²) in [6.07, 6.45) is 1.86. The molecule has 156 valence electrons. The molecular formula is C24H19NO5S. The number of thioether (sulfide) groups is 1. The average Bonchev–Trinajstić information content (AvgIpc) is 3.09. The van der Waals surface area contributed by atoms with Crippen LogP contribution < -0.4 is 9.47 Å². The highest BCUT2D eigenvalue weighted by Crippen LogP contribution is 2.41. The lowest BCUT2D eigenvalue weighted by Crippen LogP contribution is -2.00. The molecule has 0 aromatic heterocycles. The Morgan fingerprint density at radius 3 is 2.48 bits per heavy atom. The number of ketones is 1. The molecule has 0 aliphatic carbocycles. The Labute approximate surface area is 183 Å². The van der Waals surface area contributed by atoms with Crippen LogP contribution in [0.4, 0.5) is 5.69 Å². The highest BCUT2D eigenvalue weighted by atomic mass is 32.2. The largest absolute Gasteiger partial charge is 0.490 e. The van der Waals surface area contributed by atoms with Gasteiger partial charge in [-0.2, -0.15) is 0 Å². The molecule has 7 heteroatoms. The van der Waals surface area contributed by atoms with Crippen LogP contribution in [-0.4, -0.2) is 17.3 Å². The van der Waals surface area contributed by atoms with E-state index in [2.05, 4.69) is 0 Å². The third kappa shape index (κ3) is 4.62. The molecule has 4 rings (SSSR count). The molecule has 3 aromatic rings. The van der Waals surface area contributed by atoms with Crippen LogP contribution in [0.2, 0.25) is 0 Å². The van der Waals surface area contributed by atoms with Gasteiger partial charge in [0.1, 0.15) is 6.61 Å². The van der Waals surface area contributed by atoms with Crippen molar-refractivity contribution in [1.29, 1.82) is 0 Å². The minimum Gasteiger partial charge on any atom is -0.490 e. The van der Waals surface area contributed by atoms with Gasteiger partial charge in [-0.25, -0.2) is 0 Å². The number of nitro groups is 1. The molecule has 0 unspecified atom stereocenters. The Balaban J connectivity index is 1.52. The summed E-state index contributed by atoms with van der Waals surface area (Å²) in [5, 5.41) is 10.8.